The van der Waals surface area contributed by atoms with Crippen molar-refractivity contribution in [3.05, 3.63) is 102 Å². The van der Waals surface area contributed by atoms with Crippen LogP contribution in [0.25, 0.3) is 11.1 Å². The molecule has 0 radical (unpaired) electrons. The van der Waals surface area contributed by atoms with Crippen molar-refractivity contribution >= 4 is 21.9 Å². The van der Waals surface area contributed by atoms with Crippen LogP contribution in [0.5, 0.6) is 11.5 Å². The van der Waals surface area contributed by atoms with Crippen molar-refractivity contribution in [1.29, 1.82) is 0 Å². The molecule has 0 aromatic heterocycles. The van der Waals surface area contributed by atoms with E-state index < -0.39 is 16.2 Å². The van der Waals surface area contributed by atoms with Gasteiger partial charge >= 0.3 is 0 Å². The lowest BCUT2D eigenvalue weighted by atomic mass is 9.92. The molecule has 0 spiro atoms. The van der Waals surface area contributed by atoms with Gasteiger partial charge in [0.1, 0.15) is 22.5 Å². The number of phenols is 1. The molecule has 3 N–H and O–H groups in total. The van der Waals surface area contributed by atoms with Gasteiger partial charge < -0.3 is 19.7 Å². The van der Waals surface area contributed by atoms with Crippen LogP contribution in [-0.2, 0) is 21.5 Å². The number of hydrogen-bond acceptors (Lipinski definition) is 7. The molecule has 246 valence electrons. The number of hydrogen-bond donors (Lipinski definition) is 3. The molecule has 1 atom stereocenters. The SMILES string of the molecule is CCCCCCCOCc1cc(C(O)c2ccccc2-c2ccc(Sc3ccc(OCCCC)cc3)c(S(=O)(=O)O)c2)ccc1O. The highest BCUT2D eigenvalue weighted by Gasteiger charge is 2.21. The maximum atomic E-state index is 12.5. The second-order valence-electron chi connectivity index (χ2n) is 11.3. The molecule has 0 amide bonds. The Kier molecular flexibility index (Phi) is 13.5. The van der Waals surface area contributed by atoms with E-state index in [1.165, 1.54) is 37.1 Å². The van der Waals surface area contributed by atoms with Crippen LogP contribution < -0.4 is 4.74 Å². The maximum absolute atomic E-state index is 12.5. The van der Waals surface area contributed by atoms with E-state index >= 15 is 0 Å². The lowest BCUT2D eigenvalue weighted by molar-refractivity contribution is 0.115. The molecule has 0 aliphatic carbocycles. The molecule has 46 heavy (non-hydrogen) atoms. The van der Waals surface area contributed by atoms with Crippen LogP contribution in [0.4, 0.5) is 0 Å². The Morgan fingerprint density at radius 3 is 2.28 bits per heavy atom. The summed E-state index contributed by atoms with van der Waals surface area (Å²) in [5, 5.41) is 21.9. The standard InChI is InChI=1S/C37H44O7S2/c1-3-5-7-8-11-22-43-26-29-24-28(14-20-34(29)38)37(39)33-13-10-9-12-32(33)27-15-21-35(36(25-27)46(40,41)42)45-31-18-16-30(17-19-31)44-23-6-4-2/h9-10,12-21,24-25,37-39H,3-8,11,22-23,26H2,1-2H3,(H,40,41,42). The van der Waals surface area contributed by atoms with Gasteiger partial charge in [-0.05, 0) is 83.6 Å². The molecule has 0 fully saturated rings. The first-order valence-corrected chi connectivity index (χ1v) is 18.2. The van der Waals surface area contributed by atoms with Gasteiger partial charge in [-0.25, -0.2) is 0 Å². The second-order valence-corrected chi connectivity index (χ2v) is 13.8. The van der Waals surface area contributed by atoms with Crippen molar-refractivity contribution in [2.75, 3.05) is 13.2 Å². The van der Waals surface area contributed by atoms with Gasteiger partial charge in [-0.3, -0.25) is 4.55 Å². The maximum Gasteiger partial charge on any atom is 0.295 e. The Morgan fingerprint density at radius 2 is 1.54 bits per heavy atom. The fourth-order valence-electron chi connectivity index (χ4n) is 5.09. The van der Waals surface area contributed by atoms with Crippen molar-refractivity contribution in [3.63, 3.8) is 0 Å². The summed E-state index contributed by atoms with van der Waals surface area (Å²) < 4.78 is 46.8. The first kappa shape index (κ1) is 35.5. The molecule has 7 nitrogen and oxygen atoms in total. The van der Waals surface area contributed by atoms with Crippen molar-refractivity contribution in [2.24, 2.45) is 0 Å². The number of benzene rings is 4. The van der Waals surface area contributed by atoms with Crippen LogP contribution in [0.2, 0.25) is 0 Å². The number of phenolic OH excluding ortho intramolecular Hbond substituents is 1. The van der Waals surface area contributed by atoms with E-state index in [9.17, 15) is 23.2 Å². The van der Waals surface area contributed by atoms with Gasteiger partial charge in [0.15, 0.2) is 0 Å². The van der Waals surface area contributed by atoms with E-state index in [2.05, 4.69) is 13.8 Å². The number of unbranched alkanes of at least 4 members (excludes halogenated alkanes) is 5. The van der Waals surface area contributed by atoms with Gasteiger partial charge in [-0.2, -0.15) is 8.42 Å². The molecule has 0 saturated heterocycles. The van der Waals surface area contributed by atoms with Crippen molar-refractivity contribution in [3.8, 4) is 22.6 Å². The van der Waals surface area contributed by atoms with Gasteiger partial charge in [0, 0.05) is 22.0 Å². The van der Waals surface area contributed by atoms with Crippen molar-refractivity contribution in [1.82, 2.24) is 0 Å². The average Bonchev–Trinajstić information content (AvgIpc) is 3.05. The molecule has 0 bridgehead atoms. The minimum Gasteiger partial charge on any atom is -0.508 e. The Balaban J connectivity index is 1.55. The number of aliphatic hydroxyl groups is 1. The number of aliphatic hydroxyl groups excluding tert-OH is 1. The van der Waals surface area contributed by atoms with Crippen LogP contribution >= 0.6 is 11.8 Å². The molecule has 4 aromatic rings. The van der Waals surface area contributed by atoms with Crippen LogP contribution in [0.1, 0.15) is 81.6 Å². The Hall–Kier alpha value is -3.34. The lowest BCUT2D eigenvalue weighted by Crippen LogP contribution is -2.05. The van der Waals surface area contributed by atoms with Crippen LogP contribution in [0, 0.1) is 0 Å². The predicted octanol–water partition coefficient (Wildman–Crippen LogP) is 9.20. The quantitative estimate of drug-likeness (QED) is 0.0713. The van der Waals surface area contributed by atoms with E-state index in [1.807, 2.05) is 30.3 Å². The van der Waals surface area contributed by atoms with Crippen LogP contribution in [0.15, 0.2) is 99.6 Å². The highest BCUT2D eigenvalue weighted by molar-refractivity contribution is 8.00. The Morgan fingerprint density at radius 1 is 0.804 bits per heavy atom. The van der Waals surface area contributed by atoms with Gasteiger partial charge in [0.05, 0.1) is 13.2 Å². The molecular weight excluding hydrogens is 621 g/mol. The van der Waals surface area contributed by atoms with E-state index in [4.69, 9.17) is 9.47 Å². The third-order valence-corrected chi connectivity index (χ3v) is 9.78. The summed E-state index contributed by atoms with van der Waals surface area (Å²) in [5.41, 5.74) is 2.84. The van der Waals surface area contributed by atoms with Crippen molar-refractivity contribution < 1.29 is 32.7 Å². The highest BCUT2D eigenvalue weighted by atomic mass is 32.2. The zero-order valence-electron chi connectivity index (χ0n) is 26.5. The molecule has 1 unspecified atom stereocenters. The van der Waals surface area contributed by atoms with E-state index in [0.717, 1.165) is 36.3 Å². The van der Waals surface area contributed by atoms with E-state index in [1.54, 1.807) is 48.5 Å². The molecule has 9 heteroatoms. The minimum absolute atomic E-state index is 0.0970. The largest absolute Gasteiger partial charge is 0.508 e. The number of ether oxygens (including phenoxy) is 2. The summed E-state index contributed by atoms with van der Waals surface area (Å²) in [6.45, 7) is 5.74. The van der Waals surface area contributed by atoms with Crippen LogP contribution in [0.3, 0.4) is 0 Å². The molecule has 4 rings (SSSR count). The second kappa shape index (κ2) is 17.5. The Bertz CT molecular complexity index is 1650. The molecule has 0 heterocycles. The van der Waals surface area contributed by atoms with Crippen LogP contribution in [-0.4, -0.2) is 36.4 Å². The minimum atomic E-state index is -4.57. The first-order valence-electron chi connectivity index (χ1n) is 15.9. The lowest BCUT2D eigenvalue weighted by Gasteiger charge is -2.18. The summed E-state index contributed by atoms with van der Waals surface area (Å²) in [5.74, 6) is 0.837. The van der Waals surface area contributed by atoms with Gasteiger partial charge in [-0.1, -0.05) is 94.1 Å². The highest BCUT2D eigenvalue weighted by Crippen LogP contribution is 2.39. The predicted molar refractivity (Wildman–Crippen MR) is 183 cm³/mol. The number of aromatic hydroxyl groups is 1. The van der Waals surface area contributed by atoms with E-state index in [-0.39, 0.29) is 17.3 Å². The fraction of sp³-hybridized carbons (Fsp3) is 0.351. The molecular formula is C37H44O7S2. The van der Waals surface area contributed by atoms with Gasteiger partial charge in [0.25, 0.3) is 10.1 Å². The third-order valence-electron chi connectivity index (χ3n) is 7.68. The topological polar surface area (TPSA) is 113 Å². The Labute approximate surface area is 277 Å². The average molecular weight is 665 g/mol. The van der Waals surface area contributed by atoms with Crippen molar-refractivity contribution in [2.45, 2.75) is 86.2 Å². The molecule has 0 aliphatic heterocycles. The smallest absolute Gasteiger partial charge is 0.295 e. The molecule has 0 saturated carbocycles. The summed E-state index contributed by atoms with van der Waals surface area (Å²) in [7, 11) is -4.57. The summed E-state index contributed by atoms with van der Waals surface area (Å²) >= 11 is 1.23. The zero-order valence-corrected chi connectivity index (χ0v) is 28.2. The zero-order chi connectivity index (χ0) is 32.9. The fourth-order valence-corrected chi connectivity index (χ4v) is 6.95. The molecule has 0 aliphatic rings. The molecule has 4 aromatic carbocycles. The normalized spacial score (nSPS) is 12.3. The van der Waals surface area contributed by atoms with E-state index in [0.29, 0.717) is 45.9 Å². The number of rotatable bonds is 18. The monoisotopic (exact) mass is 664 g/mol. The van der Waals surface area contributed by atoms with Gasteiger partial charge in [0.2, 0.25) is 0 Å². The summed E-state index contributed by atoms with van der Waals surface area (Å²) in [4.78, 5) is 0.943. The first-order chi connectivity index (χ1) is 22.2. The summed E-state index contributed by atoms with van der Waals surface area (Å²) in [6, 6.07) is 24.4. The third kappa shape index (κ3) is 10.1. The van der Waals surface area contributed by atoms with Gasteiger partial charge in [-0.15, -0.1) is 0 Å². The summed E-state index contributed by atoms with van der Waals surface area (Å²) in [6.07, 6.45) is 6.59.